The summed E-state index contributed by atoms with van der Waals surface area (Å²) >= 11 is 6.05. The first kappa shape index (κ1) is 21.8. The van der Waals surface area contributed by atoms with Crippen molar-refractivity contribution in [1.29, 1.82) is 0 Å². The second-order valence-electron chi connectivity index (χ2n) is 6.16. The summed E-state index contributed by atoms with van der Waals surface area (Å²) < 4.78 is 7.37. The molecule has 25 heavy (non-hydrogen) atoms. The van der Waals surface area contributed by atoms with Gasteiger partial charge in [-0.15, -0.1) is 24.0 Å². The van der Waals surface area contributed by atoms with Gasteiger partial charge in [0, 0.05) is 38.6 Å². The Bertz CT molecular complexity index is 695. The number of aliphatic imine (C=N–C) groups is 1. The van der Waals surface area contributed by atoms with E-state index in [-0.39, 0.29) is 24.0 Å². The van der Waals surface area contributed by atoms with Crippen molar-refractivity contribution in [2.24, 2.45) is 12.0 Å². The molecule has 140 valence electrons. The number of nitrogens with one attached hydrogen (secondary N) is 1. The monoisotopic (exact) mass is 479 g/mol. The van der Waals surface area contributed by atoms with Crippen LogP contribution in [-0.2, 0) is 20.1 Å². The van der Waals surface area contributed by atoms with E-state index in [1.54, 1.807) is 0 Å². The molecule has 0 aliphatic rings. The number of aromatic nitrogens is 2. The number of rotatable bonds is 6. The zero-order valence-electron chi connectivity index (χ0n) is 15.4. The van der Waals surface area contributed by atoms with E-state index in [0.717, 1.165) is 34.7 Å². The van der Waals surface area contributed by atoms with Crippen molar-refractivity contribution >= 4 is 41.5 Å². The van der Waals surface area contributed by atoms with Gasteiger partial charge in [0.25, 0.3) is 0 Å². The van der Waals surface area contributed by atoms with Crippen LogP contribution in [0, 0.1) is 0 Å². The summed E-state index contributed by atoms with van der Waals surface area (Å²) in [5.74, 6) is 1.94. The number of guanidine groups is 1. The lowest BCUT2D eigenvalue weighted by Crippen LogP contribution is -2.38. The summed E-state index contributed by atoms with van der Waals surface area (Å²) in [7, 11) is 3.99. The van der Waals surface area contributed by atoms with Crippen molar-refractivity contribution in [2.75, 3.05) is 13.6 Å². The van der Waals surface area contributed by atoms with Gasteiger partial charge in [-0.05, 0) is 18.9 Å². The number of hydrogen-bond acceptors (Lipinski definition) is 3. The van der Waals surface area contributed by atoms with E-state index < -0.39 is 0 Å². The molecule has 0 atom stereocenters. The average molecular weight is 480 g/mol. The van der Waals surface area contributed by atoms with Crippen LogP contribution in [0.5, 0.6) is 0 Å². The molecule has 2 aromatic heterocycles. The van der Waals surface area contributed by atoms with Crippen LogP contribution < -0.4 is 5.32 Å². The third kappa shape index (κ3) is 6.22. The lowest BCUT2D eigenvalue weighted by Gasteiger charge is -2.22. The molecule has 0 saturated carbocycles. The van der Waals surface area contributed by atoms with Crippen molar-refractivity contribution in [3.8, 4) is 0 Å². The van der Waals surface area contributed by atoms with Gasteiger partial charge in [0.15, 0.2) is 11.7 Å². The van der Waals surface area contributed by atoms with Crippen LogP contribution in [0.1, 0.15) is 43.8 Å². The van der Waals surface area contributed by atoms with E-state index in [0.29, 0.717) is 19.0 Å². The van der Waals surface area contributed by atoms with Gasteiger partial charge in [0.2, 0.25) is 0 Å². The summed E-state index contributed by atoms with van der Waals surface area (Å²) in [6.45, 7) is 8.20. The van der Waals surface area contributed by atoms with E-state index in [2.05, 4.69) is 34.2 Å². The Labute approximate surface area is 171 Å². The van der Waals surface area contributed by atoms with Gasteiger partial charge < -0.3 is 19.3 Å². The Morgan fingerprint density at radius 3 is 2.68 bits per heavy atom. The molecule has 1 N–H and O–H groups in total. The van der Waals surface area contributed by atoms with Crippen molar-refractivity contribution in [3.05, 3.63) is 40.5 Å². The minimum atomic E-state index is 0. The van der Waals surface area contributed by atoms with Gasteiger partial charge in [0.1, 0.15) is 6.54 Å². The molecule has 2 heterocycles. The average Bonchev–Trinajstić information content (AvgIpc) is 3.10. The molecule has 0 radical (unpaired) electrons. The fourth-order valence-electron chi connectivity index (χ4n) is 2.34. The molecule has 0 aliphatic carbocycles. The topological polar surface area (TPSA) is 58.6 Å². The SMILES string of the molecule is CCNC(=NCc1cc(C(C)C)no1)N(C)Cc1cc(Cl)cn1C.I. The van der Waals surface area contributed by atoms with Crippen LogP contribution in [0.15, 0.2) is 27.8 Å². The summed E-state index contributed by atoms with van der Waals surface area (Å²) in [6.07, 6.45) is 1.90. The van der Waals surface area contributed by atoms with E-state index in [1.807, 2.05) is 43.9 Å². The maximum Gasteiger partial charge on any atom is 0.194 e. The highest BCUT2D eigenvalue weighted by Gasteiger charge is 2.11. The minimum Gasteiger partial charge on any atom is -0.359 e. The molecule has 0 unspecified atom stereocenters. The van der Waals surface area contributed by atoms with E-state index in [9.17, 15) is 0 Å². The molecule has 0 aliphatic heterocycles. The first-order valence-corrected chi connectivity index (χ1v) is 8.54. The van der Waals surface area contributed by atoms with E-state index in [4.69, 9.17) is 16.1 Å². The van der Waals surface area contributed by atoms with Crippen LogP contribution in [0.4, 0.5) is 0 Å². The highest BCUT2D eigenvalue weighted by atomic mass is 127. The van der Waals surface area contributed by atoms with Gasteiger partial charge in [0.05, 0.1) is 17.3 Å². The molecule has 2 rings (SSSR count). The highest BCUT2D eigenvalue weighted by molar-refractivity contribution is 14.0. The van der Waals surface area contributed by atoms with Crippen LogP contribution in [0.3, 0.4) is 0 Å². The first-order chi connectivity index (χ1) is 11.4. The summed E-state index contributed by atoms with van der Waals surface area (Å²) in [5.41, 5.74) is 2.08. The predicted molar refractivity (Wildman–Crippen MR) is 113 cm³/mol. The number of halogens is 2. The van der Waals surface area contributed by atoms with Crippen molar-refractivity contribution in [2.45, 2.75) is 39.8 Å². The molecule has 0 bridgehead atoms. The van der Waals surface area contributed by atoms with Crippen molar-refractivity contribution < 1.29 is 4.52 Å². The Hall–Kier alpha value is -1.22. The maximum atomic E-state index is 6.05. The summed E-state index contributed by atoms with van der Waals surface area (Å²) in [5, 5.41) is 8.11. The zero-order chi connectivity index (χ0) is 17.7. The molecular formula is C17H27ClIN5O. The Kier molecular flexibility index (Phi) is 8.78. The molecule has 6 nitrogen and oxygen atoms in total. The van der Waals surface area contributed by atoms with Crippen LogP contribution in [0.2, 0.25) is 5.02 Å². The molecule has 0 aromatic carbocycles. The molecule has 0 fully saturated rings. The second kappa shape index (κ2) is 10.1. The van der Waals surface area contributed by atoms with Gasteiger partial charge >= 0.3 is 0 Å². The predicted octanol–water partition coefficient (Wildman–Crippen LogP) is 4.01. The lowest BCUT2D eigenvalue weighted by molar-refractivity contribution is 0.375. The lowest BCUT2D eigenvalue weighted by atomic mass is 10.1. The Morgan fingerprint density at radius 1 is 1.44 bits per heavy atom. The standard InChI is InChI=1S/C17H26ClN5O.HI/c1-6-19-17(20-9-15-8-16(12(2)3)21-24-15)23(5)11-14-7-13(18)10-22(14)4;/h7-8,10,12H,6,9,11H2,1-5H3,(H,19,20);1H. The quantitative estimate of drug-likeness (QED) is 0.386. The summed E-state index contributed by atoms with van der Waals surface area (Å²) in [6, 6.07) is 3.93. The number of aryl methyl sites for hydroxylation is 1. The molecule has 2 aromatic rings. The molecule has 0 spiro atoms. The number of nitrogens with zero attached hydrogens (tertiary/aromatic N) is 4. The molecule has 8 heteroatoms. The molecular weight excluding hydrogens is 453 g/mol. The molecule has 0 saturated heterocycles. The van der Waals surface area contributed by atoms with Crippen molar-refractivity contribution in [1.82, 2.24) is 19.9 Å². The Balaban J connectivity index is 0.00000312. The van der Waals surface area contributed by atoms with Crippen molar-refractivity contribution in [3.63, 3.8) is 0 Å². The minimum absolute atomic E-state index is 0. The normalized spacial score (nSPS) is 11.6. The molecule has 0 amide bonds. The van der Waals surface area contributed by atoms with Crippen LogP contribution in [0.25, 0.3) is 0 Å². The fourth-order valence-corrected chi connectivity index (χ4v) is 2.61. The Morgan fingerprint density at radius 2 is 2.16 bits per heavy atom. The third-order valence-corrected chi connectivity index (χ3v) is 3.93. The fraction of sp³-hybridized carbons (Fsp3) is 0.529. The largest absolute Gasteiger partial charge is 0.359 e. The van der Waals surface area contributed by atoms with E-state index >= 15 is 0 Å². The van der Waals surface area contributed by atoms with Gasteiger partial charge in [-0.25, -0.2) is 4.99 Å². The van der Waals surface area contributed by atoms with Gasteiger partial charge in [-0.3, -0.25) is 0 Å². The third-order valence-electron chi connectivity index (χ3n) is 3.72. The number of hydrogen-bond donors (Lipinski definition) is 1. The maximum absolute atomic E-state index is 6.05. The van der Waals surface area contributed by atoms with Gasteiger partial charge in [-0.1, -0.05) is 30.6 Å². The van der Waals surface area contributed by atoms with Crippen LogP contribution in [-0.4, -0.2) is 34.2 Å². The zero-order valence-corrected chi connectivity index (χ0v) is 18.5. The second-order valence-corrected chi connectivity index (χ2v) is 6.60. The summed E-state index contributed by atoms with van der Waals surface area (Å²) in [4.78, 5) is 6.71. The smallest absolute Gasteiger partial charge is 0.194 e. The van der Waals surface area contributed by atoms with Crippen LogP contribution >= 0.6 is 35.6 Å². The van der Waals surface area contributed by atoms with Gasteiger partial charge in [-0.2, -0.15) is 0 Å². The first-order valence-electron chi connectivity index (χ1n) is 8.16. The highest BCUT2D eigenvalue weighted by Crippen LogP contribution is 2.16. The van der Waals surface area contributed by atoms with E-state index in [1.165, 1.54) is 0 Å².